The molecule has 2 N–H and O–H groups in total. The first kappa shape index (κ1) is 16.5. The van der Waals surface area contributed by atoms with E-state index in [0.29, 0.717) is 26.2 Å². The smallest absolute Gasteiger partial charge is 0.317 e. The number of hydrogen-bond acceptors (Lipinski definition) is 3. The number of nitrogens with one attached hydrogen (secondary N) is 2. The fourth-order valence-corrected chi connectivity index (χ4v) is 3.11. The number of morpholine rings is 1. The minimum absolute atomic E-state index is 0.108. The summed E-state index contributed by atoms with van der Waals surface area (Å²) < 4.78 is 5.67. The lowest BCUT2D eigenvalue weighted by Gasteiger charge is -2.33. The van der Waals surface area contributed by atoms with Crippen LogP contribution in [0.15, 0.2) is 35.1 Å². The molecule has 6 heteroatoms. The second-order valence-electron chi connectivity index (χ2n) is 6.09. The van der Waals surface area contributed by atoms with E-state index in [9.17, 15) is 9.59 Å². The summed E-state index contributed by atoms with van der Waals surface area (Å²) in [5.74, 6) is 0. The average molecular weight is 329 g/mol. The van der Waals surface area contributed by atoms with Crippen molar-refractivity contribution in [2.75, 3.05) is 19.7 Å². The lowest BCUT2D eigenvalue weighted by Crippen LogP contribution is -2.49. The third-order valence-corrected chi connectivity index (χ3v) is 4.30. The molecule has 1 saturated heterocycles. The van der Waals surface area contributed by atoms with Gasteiger partial charge in [0.25, 0.3) is 0 Å². The Labute approximate surface area is 140 Å². The Morgan fingerprint density at radius 2 is 2.25 bits per heavy atom. The van der Waals surface area contributed by atoms with E-state index in [4.69, 9.17) is 4.74 Å². The zero-order valence-electron chi connectivity index (χ0n) is 13.9. The summed E-state index contributed by atoms with van der Waals surface area (Å²) in [7, 11) is 0. The highest BCUT2D eigenvalue weighted by Crippen LogP contribution is 2.15. The summed E-state index contributed by atoms with van der Waals surface area (Å²) in [5, 5.41) is 3.88. The van der Waals surface area contributed by atoms with E-state index in [1.54, 1.807) is 11.0 Å². The second-order valence-corrected chi connectivity index (χ2v) is 6.09. The molecule has 0 saturated carbocycles. The molecule has 24 heavy (non-hydrogen) atoms. The van der Waals surface area contributed by atoms with Crippen LogP contribution in [0.5, 0.6) is 0 Å². The van der Waals surface area contributed by atoms with Gasteiger partial charge in [-0.15, -0.1) is 0 Å². The highest BCUT2D eigenvalue weighted by molar-refractivity contribution is 5.82. The molecule has 3 rings (SSSR count). The van der Waals surface area contributed by atoms with Gasteiger partial charge in [-0.05, 0) is 18.1 Å². The molecule has 6 nitrogen and oxygen atoms in total. The highest BCUT2D eigenvalue weighted by Gasteiger charge is 2.23. The third kappa shape index (κ3) is 3.76. The molecule has 2 heterocycles. The predicted molar refractivity (Wildman–Crippen MR) is 93.0 cm³/mol. The maximum Gasteiger partial charge on any atom is 0.317 e. The van der Waals surface area contributed by atoms with Gasteiger partial charge in [-0.2, -0.15) is 0 Å². The van der Waals surface area contributed by atoms with Crippen molar-refractivity contribution >= 4 is 16.9 Å². The molecule has 1 fully saturated rings. The minimum atomic E-state index is -0.160. The lowest BCUT2D eigenvalue weighted by atomic mass is 10.1. The lowest BCUT2D eigenvalue weighted by molar-refractivity contribution is -0.0181. The van der Waals surface area contributed by atoms with Crippen molar-refractivity contribution in [3.8, 4) is 0 Å². The van der Waals surface area contributed by atoms with Crippen LogP contribution >= 0.6 is 0 Å². The molecule has 0 bridgehead atoms. The number of amides is 2. The van der Waals surface area contributed by atoms with Crippen molar-refractivity contribution in [3.05, 3.63) is 46.2 Å². The first-order chi connectivity index (χ1) is 11.7. The quantitative estimate of drug-likeness (QED) is 0.903. The Morgan fingerprint density at radius 3 is 3.08 bits per heavy atom. The molecule has 1 atom stereocenters. The van der Waals surface area contributed by atoms with E-state index >= 15 is 0 Å². The van der Waals surface area contributed by atoms with Crippen LogP contribution in [0, 0.1) is 0 Å². The number of pyridine rings is 1. The summed E-state index contributed by atoms with van der Waals surface area (Å²) in [6.07, 6.45) is 2.12. The van der Waals surface area contributed by atoms with Crippen molar-refractivity contribution in [3.63, 3.8) is 0 Å². The maximum atomic E-state index is 12.4. The zero-order chi connectivity index (χ0) is 16.9. The van der Waals surface area contributed by atoms with Crippen molar-refractivity contribution in [2.24, 2.45) is 0 Å². The molecule has 0 spiro atoms. The molecular formula is C18H23N3O3. The van der Waals surface area contributed by atoms with Crippen LogP contribution < -0.4 is 10.9 Å². The number of nitrogens with zero attached hydrogens (tertiary/aromatic N) is 1. The Kier molecular flexibility index (Phi) is 5.15. The van der Waals surface area contributed by atoms with Crippen LogP contribution in [0.25, 0.3) is 10.9 Å². The van der Waals surface area contributed by atoms with E-state index in [1.165, 1.54) is 0 Å². The van der Waals surface area contributed by atoms with Crippen LogP contribution in [0.2, 0.25) is 0 Å². The number of carbonyl (C=O) groups excluding carboxylic acids is 1. The number of urea groups is 1. The molecule has 1 aromatic heterocycles. The number of benzene rings is 1. The van der Waals surface area contributed by atoms with Crippen LogP contribution in [-0.4, -0.2) is 41.7 Å². The van der Waals surface area contributed by atoms with Crippen molar-refractivity contribution in [1.29, 1.82) is 0 Å². The number of aromatic nitrogens is 1. The number of carbonyl (C=O) groups is 1. The second kappa shape index (κ2) is 7.49. The molecule has 2 aromatic rings. The summed E-state index contributed by atoms with van der Waals surface area (Å²) >= 11 is 0. The zero-order valence-corrected chi connectivity index (χ0v) is 13.9. The van der Waals surface area contributed by atoms with Crippen molar-refractivity contribution in [1.82, 2.24) is 15.2 Å². The summed E-state index contributed by atoms with van der Waals surface area (Å²) in [6.45, 7) is 4.24. The average Bonchev–Trinajstić information content (AvgIpc) is 2.59. The van der Waals surface area contributed by atoms with Gasteiger partial charge in [0.1, 0.15) is 0 Å². The Balaban J connectivity index is 1.67. The van der Waals surface area contributed by atoms with Crippen LogP contribution in [-0.2, 0) is 11.3 Å². The third-order valence-electron chi connectivity index (χ3n) is 4.30. The van der Waals surface area contributed by atoms with Gasteiger partial charge < -0.3 is 19.9 Å². The monoisotopic (exact) mass is 329 g/mol. The number of H-pyrrole nitrogens is 1. The predicted octanol–water partition coefficient (Wildman–Crippen LogP) is 2.24. The normalized spacial score (nSPS) is 17.9. The molecule has 1 unspecified atom stereocenters. The van der Waals surface area contributed by atoms with E-state index in [-0.39, 0.29) is 17.7 Å². The molecule has 1 aliphatic rings. The summed E-state index contributed by atoms with van der Waals surface area (Å²) in [4.78, 5) is 28.8. The van der Waals surface area contributed by atoms with E-state index in [1.807, 2.05) is 24.3 Å². The van der Waals surface area contributed by atoms with Gasteiger partial charge in [-0.3, -0.25) is 4.79 Å². The first-order valence-electron chi connectivity index (χ1n) is 8.42. The number of hydrogen-bond donors (Lipinski definition) is 2. The maximum absolute atomic E-state index is 12.4. The summed E-state index contributed by atoms with van der Waals surface area (Å²) in [5.41, 5.74) is 1.44. The number of aromatic amines is 1. The molecule has 0 aliphatic carbocycles. The SMILES string of the molecule is CCCC1CN(C(=O)NCc2cc(=O)[nH]c3ccccc23)CCO1. The van der Waals surface area contributed by atoms with Gasteiger partial charge in [-0.1, -0.05) is 31.5 Å². The van der Waals surface area contributed by atoms with E-state index < -0.39 is 0 Å². The number of ether oxygens (including phenoxy) is 1. The van der Waals surface area contributed by atoms with Crippen LogP contribution in [0.4, 0.5) is 4.79 Å². The van der Waals surface area contributed by atoms with Crippen molar-refractivity contribution < 1.29 is 9.53 Å². The van der Waals surface area contributed by atoms with Crippen molar-refractivity contribution in [2.45, 2.75) is 32.4 Å². The Morgan fingerprint density at radius 1 is 1.42 bits per heavy atom. The topological polar surface area (TPSA) is 74.4 Å². The first-order valence-corrected chi connectivity index (χ1v) is 8.42. The van der Waals surface area contributed by atoms with Crippen LogP contribution in [0.3, 0.4) is 0 Å². The van der Waals surface area contributed by atoms with Gasteiger partial charge in [0.15, 0.2) is 0 Å². The summed E-state index contributed by atoms with van der Waals surface area (Å²) in [6, 6.07) is 9.04. The number of fused-ring (bicyclic) bond motifs is 1. The molecule has 1 aliphatic heterocycles. The van der Waals surface area contributed by atoms with Crippen LogP contribution in [0.1, 0.15) is 25.3 Å². The van der Waals surface area contributed by atoms with Gasteiger partial charge in [0.2, 0.25) is 5.56 Å². The van der Waals surface area contributed by atoms with Gasteiger partial charge in [-0.25, -0.2) is 4.79 Å². The molecule has 128 valence electrons. The Bertz CT molecular complexity index is 769. The standard InChI is InChI=1S/C18H23N3O3/c1-2-5-14-12-21(8-9-24-14)18(23)19-11-13-10-17(22)20-16-7-4-3-6-15(13)16/h3-4,6-7,10,14H,2,5,8-9,11-12H2,1H3,(H,19,23)(H,20,22). The van der Waals surface area contributed by atoms with E-state index in [2.05, 4.69) is 17.2 Å². The fraction of sp³-hybridized carbons (Fsp3) is 0.444. The molecular weight excluding hydrogens is 306 g/mol. The Hall–Kier alpha value is -2.34. The van der Waals surface area contributed by atoms with Gasteiger partial charge in [0, 0.05) is 36.6 Å². The van der Waals surface area contributed by atoms with E-state index in [0.717, 1.165) is 29.3 Å². The fourth-order valence-electron chi connectivity index (χ4n) is 3.11. The largest absolute Gasteiger partial charge is 0.375 e. The molecule has 1 aromatic carbocycles. The number of rotatable bonds is 4. The highest BCUT2D eigenvalue weighted by atomic mass is 16.5. The molecule has 0 radical (unpaired) electrons. The minimum Gasteiger partial charge on any atom is -0.375 e. The molecule has 2 amide bonds. The van der Waals surface area contributed by atoms with Gasteiger partial charge >= 0.3 is 6.03 Å². The number of para-hydroxylation sites is 1. The van der Waals surface area contributed by atoms with Gasteiger partial charge in [0.05, 0.1) is 12.7 Å².